The molecule has 0 unspecified atom stereocenters. The van der Waals surface area contributed by atoms with Crippen molar-refractivity contribution in [1.29, 1.82) is 0 Å². The van der Waals surface area contributed by atoms with Crippen LogP contribution in [0.15, 0.2) is 41.0 Å². The SMILES string of the molecule is COc1cccc(-c2[c]occ2)c1. The number of methoxy groups -OCH3 is 1. The van der Waals surface area contributed by atoms with Gasteiger partial charge in [0.1, 0.15) is 5.75 Å². The van der Waals surface area contributed by atoms with E-state index in [4.69, 9.17) is 9.15 Å². The molecule has 0 aliphatic rings. The van der Waals surface area contributed by atoms with Gasteiger partial charge in [-0.15, -0.1) is 0 Å². The Morgan fingerprint density at radius 2 is 2.23 bits per heavy atom. The zero-order valence-corrected chi connectivity index (χ0v) is 7.28. The van der Waals surface area contributed by atoms with Crippen molar-refractivity contribution in [2.45, 2.75) is 0 Å². The smallest absolute Gasteiger partial charge is 0.177 e. The normalized spacial score (nSPS) is 9.92. The van der Waals surface area contributed by atoms with Gasteiger partial charge in [-0.05, 0) is 23.8 Å². The molecule has 0 bridgehead atoms. The summed E-state index contributed by atoms with van der Waals surface area (Å²) in [7, 11) is 1.65. The second-order valence-electron chi connectivity index (χ2n) is 2.67. The molecule has 2 heteroatoms. The molecular weight excluding hydrogens is 164 g/mol. The van der Waals surface area contributed by atoms with Gasteiger partial charge >= 0.3 is 0 Å². The predicted molar refractivity (Wildman–Crippen MR) is 49.5 cm³/mol. The highest BCUT2D eigenvalue weighted by atomic mass is 16.5. The van der Waals surface area contributed by atoms with Crippen LogP contribution in [0.2, 0.25) is 0 Å². The number of hydrogen-bond donors (Lipinski definition) is 0. The predicted octanol–water partition coefficient (Wildman–Crippen LogP) is 2.76. The fourth-order valence-corrected chi connectivity index (χ4v) is 1.18. The monoisotopic (exact) mass is 173 g/mol. The molecule has 1 aromatic carbocycles. The molecule has 1 heterocycles. The van der Waals surface area contributed by atoms with Crippen LogP contribution in [0, 0.1) is 6.26 Å². The summed E-state index contributed by atoms with van der Waals surface area (Å²) in [6, 6.07) is 9.65. The van der Waals surface area contributed by atoms with Gasteiger partial charge < -0.3 is 9.15 Å². The van der Waals surface area contributed by atoms with E-state index in [1.165, 1.54) is 0 Å². The largest absolute Gasteiger partial charge is 0.497 e. The first-order valence-electron chi connectivity index (χ1n) is 4.00. The van der Waals surface area contributed by atoms with E-state index in [1.807, 2.05) is 30.3 Å². The van der Waals surface area contributed by atoms with Crippen molar-refractivity contribution in [3.63, 3.8) is 0 Å². The molecule has 0 aliphatic carbocycles. The Kier molecular flexibility index (Phi) is 2.04. The van der Waals surface area contributed by atoms with Crippen molar-refractivity contribution in [1.82, 2.24) is 0 Å². The summed E-state index contributed by atoms with van der Waals surface area (Å²) < 4.78 is 9.98. The lowest BCUT2D eigenvalue weighted by atomic mass is 10.1. The number of rotatable bonds is 2. The van der Waals surface area contributed by atoms with Crippen LogP contribution in [0.25, 0.3) is 11.1 Å². The van der Waals surface area contributed by atoms with E-state index < -0.39 is 0 Å². The molecule has 0 aliphatic heterocycles. The lowest BCUT2D eigenvalue weighted by Gasteiger charge is -2.00. The third kappa shape index (κ3) is 1.56. The molecule has 0 saturated heterocycles. The highest BCUT2D eigenvalue weighted by molar-refractivity contribution is 5.63. The minimum Gasteiger partial charge on any atom is -0.497 e. The molecule has 2 aromatic rings. The Morgan fingerprint density at radius 3 is 2.92 bits per heavy atom. The molecule has 0 saturated carbocycles. The molecule has 65 valence electrons. The number of furan rings is 1. The summed E-state index contributed by atoms with van der Waals surface area (Å²) in [5.41, 5.74) is 1.99. The van der Waals surface area contributed by atoms with Crippen LogP contribution in [-0.2, 0) is 0 Å². The minimum absolute atomic E-state index is 0.840. The van der Waals surface area contributed by atoms with Gasteiger partial charge in [0.2, 0.25) is 0 Å². The Hall–Kier alpha value is -1.70. The fraction of sp³-hybridized carbons (Fsp3) is 0.0909. The molecule has 0 spiro atoms. The zero-order chi connectivity index (χ0) is 9.10. The van der Waals surface area contributed by atoms with Crippen molar-refractivity contribution >= 4 is 0 Å². The Bertz CT molecular complexity index is 377. The quantitative estimate of drug-likeness (QED) is 0.696. The second-order valence-corrected chi connectivity index (χ2v) is 2.67. The van der Waals surface area contributed by atoms with E-state index in [-0.39, 0.29) is 0 Å². The van der Waals surface area contributed by atoms with Crippen LogP contribution >= 0.6 is 0 Å². The van der Waals surface area contributed by atoms with Crippen LogP contribution in [0.1, 0.15) is 0 Å². The topological polar surface area (TPSA) is 22.4 Å². The number of ether oxygens (including phenoxy) is 1. The Balaban J connectivity index is 2.41. The maximum Gasteiger partial charge on any atom is 0.177 e. The third-order valence-electron chi connectivity index (χ3n) is 1.85. The van der Waals surface area contributed by atoms with Crippen LogP contribution in [0.5, 0.6) is 5.75 Å². The third-order valence-corrected chi connectivity index (χ3v) is 1.85. The highest BCUT2D eigenvalue weighted by Crippen LogP contribution is 2.23. The van der Waals surface area contributed by atoms with Crippen LogP contribution in [-0.4, -0.2) is 7.11 Å². The first-order chi connectivity index (χ1) is 6.40. The summed E-state index contributed by atoms with van der Waals surface area (Å²) in [6.07, 6.45) is 4.38. The van der Waals surface area contributed by atoms with Crippen LogP contribution in [0.3, 0.4) is 0 Å². The van der Waals surface area contributed by atoms with Crippen molar-refractivity contribution in [3.8, 4) is 16.9 Å². The molecule has 0 amide bonds. The summed E-state index contributed by atoms with van der Waals surface area (Å²) in [4.78, 5) is 0. The summed E-state index contributed by atoms with van der Waals surface area (Å²) >= 11 is 0. The fourth-order valence-electron chi connectivity index (χ4n) is 1.18. The lowest BCUT2D eigenvalue weighted by Crippen LogP contribution is -1.82. The Labute approximate surface area is 76.8 Å². The molecule has 13 heavy (non-hydrogen) atoms. The van der Waals surface area contributed by atoms with Crippen molar-refractivity contribution in [2.24, 2.45) is 0 Å². The van der Waals surface area contributed by atoms with Crippen molar-refractivity contribution < 1.29 is 9.15 Å². The van der Waals surface area contributed by atoms with E-state index in [1.54, 1.807) is 13.4 Å². The van der Waals surface area contributed by atoms with Crippen LogP contribution in [0.4, 0.5) is 0 Å². The average Bonchev–Trinajstić information content (AvgIpc) is 2.71. The maximum atomic E-state index is 5.11. The summed E-state index contributed by atoms with van der Waals surface area (Å²) in [5.74, 6) is 0.840. The van der Waals surface area contributed by atoms with Gasteiger partial charge in [0, 0.05) is 5.56 Å². The van der Waals surface area contributed by atoms with Crippen molar-refractivity contribution in [3.05, 3.63) is 42.9 Å². The van der Waals surface area contributed by atoms with E-state index in [9.17, 15) is 0 Å². The minimum atomic E-state index is 0.840. The van der Waals surface area contributed by atoms with E-state index >= 15 is 0 Å². The van der Waals surface area contributed by atoms with Gasteiger partial charge in [0.25, 0.3) is 0 Å². The number of hydrogen-bond acceptors (Lipinski definition) is 2. The average molecular weight is 173 g/mol. The molecular formula is C11H9O2. The zero-order valence-electron chi connectivity index (χ0n) is 7.28. The van der Waals surface area contributed by atoms with Gasteiger partial charge in [-0.2, -0.15) is 0 Å². The summed E-state index contributed by atoms with van der Waals surface area (Å²) in [5, 5.41) is 0. The van der Waals surface area contributed by atoms with Gasteiger partial charge in [0.05, 0.1) is 13.4 Å². The second kappa shape index (κ2) is 3.35. The van der Waals surface area contributed by atoms with E-state index in [0.717, 1.165) is 16.9 Å². The molecule has 1 aromatic heterocycles. The van der Waals surface area contributed by atoms with Gasteiger partial charge in [-0.1, -0.05) is 12.1 Å². The molecule has 0 fully saturated rings. The standard InChI is InChI=1S/C11H9O2/c1-12-11-4-2-3-9(7-11)10-5-6-13-8-10/h2-7H,1H3. The van der Waals surface area contributed by atoms with Gasteiger partial charge in [0.15, 0.2) is 6.26 Å². The Morgan fingerprint density at radius 1 is 1.31 bits per heavy atom. The van der Waals surface area contributed by atoms with Crippen LogP contribution < -0.4 is 4.74 Å². The van der Waals surface area contributed by atoms with Gasteiger partial charge in [-0.25, -0.2) is 0 Å². The molecule has 1 radical (unpaired) electrons. The molecule has 0 atom stereocenters. The van der Waals surface area contributed by atoms with Gasteiger partial charge in [-0.3, -0.25) is 0 Å². The summed E-state index contributed by atoms with van der Waals surface area (Å²) in [6.45, 7) is 0. The highest BCUT2D eigenvalue weighted by Gasteiger charge is 2.00. The number of benzene rings is 1. The van der Waals surface area contributed by atoms with E-state index in [2.05, 4.69) is 6.26 Å². The molecule has 2 rings (SSSR count). The van der Waals surface area contributed by atoms with Crippen molar-refractivity contribution in [2.75, 3.05) is 7.11 Å². The molecule has 2 nitrogen and oxygen atoms in total. The first-order valence-corrected chi connectivity index (χ1v) is 4.00. The first kappa shape index (κ1) is 7.92. The molecule has 0 N–H and O–H groups in total. The lowest BCUT2D eigenvalue weighted by molar-refractivity contribution is 0.415. The maximum absolute atomic E-state index is 5.11. The van der Waals surface area contributed by atoms with E-state index in [0.29, 0.717) is 0 Å².